The Morgan fingerprint density at radius 2 is 1.84 bits per heavy atom. The minimum absolute atomic E-state index is 0.0588. The Labute approximate surface area is 177 Å². The molecule has 3 aromatic heterocycles. The van der Waals surface area contributed by atoms with Crippen molar-refractivity contribution < 1.29 is 9.18 Å². The predicted octanol–water partition coefficient (Wildman–Crippen LogP) is 3.15. The van der Waals surface area contributed by atoms with E-state index >= 15 is 0 Å². The Morgan fingerprint density at radius 1 is 1.10 bits per heavy atom. The number of hydrogen-bond donors (Lipinski definition) is 1. The number of carbonyl (C=O) groups is 1. The fourth-order valence-corrected chi connectivity index (χ4v) is 3.14. The molecule has 0 unspecified atom stereocenters. The number of anilines is 1. The fraction of sp³-hybridized carbons (Fsp3) is 0.273. The molecule has 1 N–H and O–H groups in total. The molecule has 31 heavy (non-hydrogen) atoms. The molecule has 8 nitrogen and oxygen atoms in total. The average molecular weight is 422 g/mol. The molecule has 4 rings (SSSR count). The first-order valence-electron chi connectivity index (χ1n) is 9.93. The van der Waals surface area contributed by atoms with Gasteiger partial charge in [0.1, 0.15) is 11.6 Å². The number of rotatable bonds is 5. The van der Waals surface area contributed by atoms with Crippen LogP contribution in [0.15, 0.2) is 59.5 Å². The monoisotopic (exact) mass is 422 g/mol. The second-order valence-electron chi connectivity index (χ2n) is 8.29. The molecule has 160 valence electrons. The van der Waals surface area contributed by atoms with E-state index in [0.717, 1.165) is 5.69 Å². The smallest absolute Gasteiger partial charge is 0.311 e. The average Bonchev–Trinajstić information content (AvgIpc) is 3.29. The van der Waals surface area contributed by atoms with Crippen molar-refractivity contribution in [3.8, 4) is 5.69 Å². The van der Waals surface area contributed by atoms with Gasteiger partial charge in [-0.3, -0.25) is 9.20 Å². The van der Waals surface area contributed by atoms with E-state index < -0.39 is 0 Å². The molecule has 0 saturated heterocycles. The van der Waals surface area contributed by atoms with Gasteiger partial charge in [0, 0.05) is 24.1 Å². The Bertz CT molecular complexity index is 1290. The van der Waals surface area contributed by atoms with Crippen molar-refractivity contribution in [2.24, 2.45) is 0 Å². The second kappa shape index (κ2) is 7.82. The molecule has 4 aromatic rings. The highest BCUT2D eigenvalue weighted by molar-refractivity contribution is 5.90. The molecule has 0 bridgehead atoms. The van der Waals surface area contributed by atoms with Crippen molar-refractivity contribution in [1.82, 2.24) is 24.0 Å². The van der Waals surface area contributed by atoms with Gasteiger partial charge < -0.3 is 5.32 Å². The molecule has 0 atom stereocenters. The van der Waals surface area contributed by atoms with Crippen molar-refractivity contribution in [2.45, 2.75) is 39.2 Å². The number of amides is 1. The van der Waals surface area contributed by atoms with E-state index in [1.165, 1.54) is 21.2 Å². The minimum atomic E-state index is -0.351. The Kier molecular flexibility index (Phi) is 5.18. The predicted molar refractivity (Wildman–Crippen MR) is 115 cm³/mol. The number of halogens is 1. The number of aryl methyl sites for hydroxylation is 1. The summed E-state index contributed by atoms with van der Waals surface area (Å²) < 4.78 is 17.6. The van der Waals surface area contributed by atoms with E-state index in [-0.39, 0.29) is 35.8 Å². The molecular weight excluding hydrogens is 399 g/mol. The molecule has 0 aliphatic carbocycles. The van der Waals surface area contributed by atoms with Gasteiger partial charge in [-0.15, -0.1) is 5.10 Å². The van der Waals surface area contributed by atoms with Gasteiger partial charge in [0.2, 0.25) is 5.91 Å². The third kappa shape index (κ3) is 4.25. The highest BCUT2D eigenvalue weighted by Gasteiger charge is 2.21. The molecule has 3 heterocycles. The van der Waals surface area contributed by atoms with Crippen LogP contribution in [0.2, 0.25) is 0 Å². The third-order valence-electron chi connectivity index (χ3n) is 4.86. The van der Waals surface area contributed by atoms with Gasteiger partial charge in [0.25, 0.3) is 0 Å². The number of pyridine rings is 1. The molecule has 0 spiro atoms. The maximum atomic E-state index is 13.3. The van der Waals surface area contributed by atoms with Gasteiger partial charge in [-0.2, -0.15) is 5.10 Å². The first-order valence-corrected chi connectivity index (χ1v) is 9.93. The topological polar surface area (TPSA) is 86.2 Å². The number of aromatic nitrogens is 5. The quantitative estimate of drug-likeness (QED) is 0.535. The zero-order valence-electron chi connectivity index (χ0n) is 17.5. The van der Waals surface area contributed by atoms with E-state index in [9.17, 15) is 14.0 Å². The fourth-order valence-electron chi connectivity index (χ4n) is 3.14. The lowest BCUT2D eigenvalue weighted by Gasteiger charge is -2.14. The molecule has 0 aliphatic rings. The van der Waals surface area contributed by atoms with Gasteiger partial charge in [-0.1, -0.05) is 26.8 Å². The largest absolute Gasteiger partial charge is 0.350 e. The summed E-state index contributed by atoms with van der Waals surface area (Å²) in [5.74, 6) is -0.160. The van der Waals surface area contributed by atoms with E-state index in [1.54, 1.807) is 47.3 Å². The van der Waals surface area contributed by atoms with Crippen LogP contribution < -0.4 is 11.0 Å². The van der Waals surface area contributed by atoms with Gasteiger partial charge in [0.05, 0.1) is 17.9 Å². The summed E-state index contributed by atoms with van der Waals surface area (Å²) in [6.07, 6.45) is 1.69. The lowest BCUT2D eigenvalue weighted by atomic mass is 9.92. The standard InChI is InChI=1S/C22H23FN6O2/c1-22(2,3)17-14-19(29(25-17)16-9-7-15(23)8-10-16)24-20(30)11-13-28-21(31)27-12-5-4-6-18(27)26-28/h4-10,12,14H,11,13H2,1-3H3,(H,24,30). The van der Waals surface area contributed by atoms with Crippen LogP contribution in [0.4, 0.5) is 10.2 Å². The van der Waals surface area contributed by atoms with Crippen LogP contribution in [0.5, 0.6) is 0 Å². The summed E-state index contributed by atoms with van der Waals surface area (Å²) in [6, 6.07) is 13.0. The maximum Gasteiger partial charge on any atom is 0.350 e. The van der Waals surface area contributed by atoms with E-state index in [4.69, 9.17) is 0 Å². The molecule has 1 amide bonds. The Balaban J connectivity index is 1.55. The van der Waals surface area contributed by atoms with Crippen molar-refractivity contribution in [1.29, 1.82) is 0 Å². The van der Waals surface area contributed by atoms with Gasteiger partial charge in [-0.05, 0) is 36.4 Å². The number of hydrogen-bond acceptors (Lipinski definition) is 4. The third-order valence-corrected chi connectivity index (χ3v) is 4.86. The summed E-state index contributed by atoms with van der Waals surface area (Å²) in [4.78, 5) is 25.0. The summed E-state index contributed by atoms with van der Waals surface area (Å²) in [5.41, 5.74) is 1.40. The van der Waals surface area contributed by atoms with E-state index in [2.05, 4.69) is 15.5 Å². The minimum Gasteiger partial charge on any atom is -0.311 e. The van der Waals surface area contributed by atoms with Gasteiger partial charge in [-0.25, -0.2) is 18.5 Å². The Morgan fingerprint density at radius 3 is 2.52 bits per heavy atom. The van der Waals surface area contributed by atoms with Crippen LogP contribution in [-0.2, 0) is 16.8 Å². The van der Waals surface area contributed by atoms with E-state index in [1.807, 2.05) is 20.8 Å². The maximum absolute atomic E-state index is 13.3. The van der Waals surface area contributed by atoms with Crippen molar-refractivity contribution in [2.75, 3.05) is 5.32 Å². The number of carbonyl (C=O) groups excluding carboxylic acids is 1. The van der Waals surface area contributed by atoms with Gasteiger partial charge >= 0.3 is 5.69 Å². The number of benzene rings is 1. The second-order valence-corrected chi connectivity index (χ2v) is 8.29. The first kappa shape index (κ1) is 20.5. The summed E-state index contributed by atoms with van der Waals surface area (Å²) in [6.45, 7) is 6.20. The number of fused-ring (bicyclic) bond motifs is 1. The van der Waals surface area contributed by atoms with Crippen LogP contribution in [0.25, 0.3) is 11.3 Å². The van der Waals surface area contributed by atoms with Crippen molar-refractivity contribution in [3.05, 3.63) is 76.7 Å². The van der Waals surface area contributed by atoms with Crippen LogP contribution in [-0.4, -0.2) is 29.9 Å². The molecule has 9 heteroatoms. The van der Waals surface area contributed by atoms with Gasteiger partial charge in [0.15, 0.2) is 5.65 Å². The number of nitrogens with zero attached hydrogens (tertiary/aromatic N) is 5. The molecule has 1 aromatic carbocycles. The molecule has 0 aliphatic heterocycles. The van der Waals surface area contributed by atoms with Crippen molar-refractivity contribution in [3.63, 3.8) is 0 Å². The summed E-state index contributed by atoms with van der Waals surface area (Å²) >= 11 is 0. The van der Waals surface area contributed by atoms with Crippen LogP contribution in [0, 0.1) is 5.82 Å². The molecule has 0 fully saturated rings. The van der Waals surface area contributed by atoms with Crippen LogP contribution in [0.3, 0.4) is 0 Å². The molecular formula is C22H23FN6O2. The summed E-state index contributed by atoms with van der Waals surface area (Å²) in [5, 5.41) is 11.7. The van der Waals surface area contributed by atoms with Crippen molar-refractivity contribution >= 4 is 17.4 Å². The molecule has 0 saturated carbocycles. The van der Waals surface area contributed by atoms with E-state index in [0.29, 0.717) is 17.2 Å². The lowest BCUT2D eigenvalue weighted by Crippen LogP contribution is -2.24. The zero-order chi connectivity index (χ0) is 22.2. The zero-order valence-corrected chi connectivity index (χ0v) is 17.5. The first-order chi connectivity index (χ1) is 14.7. The highest BCUT2D eigenvalue weighted by atomic mass is 19.1. The van der Waals surface area contributed by atoms with Crippen LogP contribution >= 0.6 is 0 Å². The lowest BCUT2D eigenvalue weighted by molar-refractivity contribution is -0.116. The SMILES string of the molecule is CC(C)(C)c1cc(NC(=O)CCn2nc3ccccn3c2=O)n(-c2ccc(F)cc2)n1. The number of nitrogens with one attached hydrogen (secondary N) is 1. The normalized spacial score (nSPS) is 11.7. The Hall–Kier alpha value is -3.75. The van der Waals surface area contributed by atoms with Crippen LogP contribution in [0.1, 0.15) is 32.9 Å². The highest BCUT2D eigenvalue weighted by Crippen LogP contribution is 2.26. The molecule has 0 radical (unpaired) electrons. The summed E-state index contributed by atoms with van der Waals surface area (Å²) in [7, 11) is 0.